The number of pyridine rings is 1. The summed E-state index contributed by atoms with van der Waals surface area (Å²) in [4.78, 5) is 5.16. The van der Waals surface area contributed by atoms with E-state index in [-0.39, 0.29) is 22.2 Å². The van der Waals surface area contributed by atoms with Crippen LogP contribution in [0.2, 0.25) is 5.02 Å². The highest BCUT2D eigenvalue weighted by molar-refractivity contribution is 8.01. The molecular weight excluding hydrogens is 498 g/mol. The number of hydrogen-bond donors (Lipinski definition) is 0. The van der Waals surface area contributed by atoms with Gasteiger partial charge in [0.1, 0.15) is 4.21 Å². The zero-order valence-electron chi connectivity index (χ0n) is 16.1. The average Bonchev–Trinajstić information content (AvgIpc) is 3.26. The van der Waals surface area contributed by atoms with Crippen LogP contribution in [0, 0.1) is 0 Å². The van der Waals surface area contributed by atoms with Crippen molar-refractivity contribution in [2.24, 2.45) is 3.77 Å². The Bertz CT molecular complexity index is 1310. The minimum atomic E-state index is -3.81. The fourth-order valence-electron chi connectivity index (χ4n) is 2.98. The van der Waals surface area contributed by atoms with E-state index in [2.05, 4.69) is 8.75 Å². The van der Waals surface area contributed by atoms with Gasteiger partial charge in [-0.25, -0.2) is 8.42 Å². The predicted octanol–water partition coefficient (Wildman–Crippen LogP) is 3.66. The molecule has 3 heterocycles. The van der Waals surface area contributed by atoms with Crippen LogP contribution < -0.4 is 0 Å². The standard InChI is InChI=1S/C19H18ClN3O4S4/c20-15-4-6-16(7-5-15)31(26,27)23-11-13-29(14-12-23)22-30(24,25)19-9-8-18(28-19)17-3-1-2-10-21-17/h1-10H,11-14H2. The van der Waals surface area contributed by atoms with Gasteiger partial charge in [0.2, 0.25) is 10.0 Å². The molecule has 31 heavy (non-hydrogen) atoms. The predicted molar refractivity (Wildman–Crippen MR) is 124 cm³/mol. The Balaban J connectivity index is 1.47. The van der Waals surface area contributed by atoms with Crippen molar-refractivity contribution in [3.05, 3.63) is 65.8 Å². The maximum absolute atomic E-state index is 12.8. The molecule has 0 saturated carbocycles. The maximum Gasteiger partial charge on any atom is 0.297 e. The lowest BCUT2D eigenvalue weighted by Crippen LogP contribution is -2.41. The SMILES string of the molecule is O=S(=O)(N=S1CCN(S(=O)(=O)c2ccc(Cl)cc2)CC1)c1ccc(-c2ccccn2)s1. The Kier molecular flexibility index (Phi) is 6.61. The number of sulfonamides is 2. The van der Waals surface area contributed by atoms with E-state index in [1.807, 2.05) is 12.1 Å². The van der Waals surface area contributed by atoms with Crippen molar-refractivity contribution in [3.63, 3.8) is 0 Å². The van der Waals surface area contributed by atoms with Gasteiger partial charge in [0.25, 0.3) is 10.0 Å². The second kappa shape index (κ2) is 9.08. The highest BCUT2D eigenvalue weighted by Gasteiger charge is 2.28. The monoisotopic (exact) mass is 515 g/mol. The van der Waals surface area contributed by atoms with Gasteiger partial charge in [-0.3, -0.25) is 4.98 Å². The number of thiophene rings is 1. The molecule has 1 fully saturated rings. The van der Waals surface area contributed by atoms with Crippen LogP contribution in [0.25, 0.3) is 10.6 Å². The van der Waals surface area contributed by atoms with E-state index in [1.165, 1.54) is 34.6 Å². The number of nitrogens with zero attached hydrogens (tertiary/aromatic N) is 3. The van der Waals surface area contributed by atoms with Crippen LogP contribution in [-0.2, 0) is 30.7 Å². The lowest BCUT2D eigenvalue weighted by atomic mass is 10.3. The van der Waals surface area contributed by atoms with E-state index < -0.39 is 30.7 Å². The van der Waals surface area contributed by atoms with Crippen LogP contribution in [-0.4, -0.2) is 50.7 Å². The minimum absolute atomic E-state index is 0.164. The normalized spacial score (nSPS) is 16.3. The number of aromatic nitrogens is 1. The number of halogens is 1. The van der Waals surface area contributed by atoms with E-state index in [1.54, 1.807) is 18.3 Å². The van der Waals surface area contributed by atoms with Gasteiger partial charge in [-0.15, -0.1) is 15.1 Å². The molecule has 1 saturated heterocycles. The first-order valence-electron chi connectivity index (χ1n) is 9.18. The second-order valence-corrected chi connectivity index (χ2v) is 14.1. The van der Waals surface area contributed by atoms with Gasteiger partial charge in [-0.2, -0.15) is 12.7 Å². The molecule has 1 aliphatic heterocycles. The molecule has 0 spiro atoms. The highest BCUT2D eigenvalue weighted by atomic mass is 35.5. The molecule has 0 bridgehead atoms. The van der Waals surface area contributed by atoms with Gasteiger partial charge < -0.3 is 0 Å². The molecule has 1 aliphatic rings. The second-order valence-electron chi connectivity index (χ2n) is 6.61. The van der Waals surface area contributed by atoms with Crippen molar-refractivity contribution >= 4 is 53.7 Å². The van der Waals surface area contributed by atoms with E-state index in [0.717, 1.165) is 16.2 Å². The summed E-state index contributed by atoms with van der Waals surface area (Å²) in [6.07, 6.45) is 1.65. The topological polar surface area (TPSA) is 96.8 Å². The van der Waals surface area contributed by atoms with Crippen LogP contribution in [0.15, 0.2) is 73.7 Å². The van der Waals surface area contributed by atoms with E-state index in [4.69, 9.17) is 11.6 Å². The zero-order valence-corrected chi connectivity index (χ0v) is 20.1. The molecule has 7 nitrogen and oxygen atoms in total. The molecule has 2 aromatic heterocycles. The number of rotatable bonds is 5. The summed E-state index contributed by atoms with van der Waals surface area (Å²) in [6.45, 7) is 0.438. The van der Waals surface area contributed by atoms with Crippen LogP contribution in [0.1, 0.15) is 0 Å². The smallest absolute Gasteiger partial charge is 0.255 e. The first-order valence-corrected chi connectivity index (χ1v) is 14.8. The van der Waals surface area contributed by atoms with E-state index in [9.17, 15) is 16.8 Å². The first-order chi connectivity index (χ1) is 14.8. The molecule has 164 valence electrons. The molecule has 0 radical (unpaired) electrons. The van der Waals surface area contributed by atoms with Crippen molar-refractivity contribution in [2.75, 3.05) is 24.6 Å². The summed E-state index contributed by atoms with van der Waals surface area (Å²) in [5.74, 6) is 0.731. The minimum Gasteiger partial charge on any atom is -0.255 e. The largest absolute Gasteiger partial charge is 0.297 e. The van der Waals surface area contributed by atoms with Crippen molar-refractivity contribution < 1.29 is 16.8 Å². The average molecular weight is 516 g/mol. The fourth-order valence-corrected chi connectivity index (χ4v) is 9.76. The summed E-state index contributed by atoms with van der Waals surface area (Å²) in [5, 5.41) is 0.461. The van der Waals surface area contributed by atoms with E-state index in [0.29, 0.717) is 22.2 Å². The Hall–Kier alpha value is -1.63. The molecule has 0 atom stereocenters. The third-order valence-corrected chi connectivity index (χ3v) is 12.1. The molecule has 0 aliphatic carbocycles. The van der Waals surface area contributed by atoms with E-state index >= 15 is 0 Å². The molecule has 0 unspecified atom stereocenters. The summed E-state index contributed by atoms with van der Waals surface area (Å²) >= 11 is 6.96. The lowest BCUT2D eigenvalue weighted by molar-refractivity contribution is 0.442. The van der Waals surface area contributed by atoms with Gasteiger partial charge in [0.15, 0.2) is 0 Å². The number of hydrogen-bond acceptors (Lipinski definition) is 6. The zero-order chi connectivity index (χ0) is 22.1. The van der Waals surface area contributed by atoms with Crippen molar-refractivity contribution in [3.8, 4) is 10.6 Å². The molecule has 0 amide bonds. The molecular formula is C19H18ClN3O4S4. The fraction of sp³-hybridized carbons (Fsp3) is 0.211. The Morgan fingerprint density at radius 1 is 0.968 bits per heavy atom. The van der Waals surface area contributed by atoms with Gasteiger partial charge in [0.05, 0.1) is 15.5 Å². The van der Waals surface area contributed by atoms with Crippen molar-refractivity contribution in [2.45, 2.75) is 9.10 Å². The van der Waals surface area contributed by atoms with Gasteiger partial charge in [-0.1, -0.05) is 28.4 Å². The molecule has 0 N–H and O–H groups in total. The van der Waals surface area contributed by atoms with Crippen molar-refractivity contribution in [1.29, 1.82) is 0 Å². The van der Waals surface area contributed by atoms with Crippen molar-refractivity contribution in [1.82, 2.24) is 9.29 Å². The third kappa shape index (κ3) is 5.07. The van der Waals surface area contributed by atoms with Gasteiger partial charge in [0, 0.05) is 35.8 Å². The van der Waals surface area contributed by atoms with Crippen LogP contribution in [0.3, 0.4) is 0 Å². The number of benzene rings is 1. The molecule has 1 aromatic carbocycles. The highest BCUT2D eigenvalue weighted by Crippen LogP contribution is 2.31. The Morgan fingerprint density at radius 3 is 2.32 bits per heavy atom. The quantitative estimate of drug-likeness (QED) is 0.516. The van der Waals surface area contributed by atoms with Crippen LogP contribution in [0.4, 0.5) is 0 Å². The first kappa shape index (κ1) is 22.6. The Morgan fingerprint density at radius 2 is 1.68 bits per heavy atom. The summed E-state index contributed by atoms with van der Waals surface area (Å²) in [6, 6.07) is 14.7. The lowest BCUT2D eigenvalue weighted by Gasteiger charge is -2.27. The molecule has 3 aromatic rings. The Labute approximate surface area is 192 Å². The maximum atomic E-state index is 12.8. The van der Waals surface area contributed by atoms with Gasteiger partial charge >= 0.3 is 0 Å². The molecule has 4 rings (SSSR count). The van der Waals surface area contributed by atoms with Crippen LogP contribution >= 0.6 is 22.9 Å². The molecule has 12 heteroatoms. The summed E-state index contributed by atoms with van der Waals surface area (Å²) in [7, 11) is -8.22. The third-order valence-electron chi connectivity index (χ3n) is 4.56. The summed E-state index contributed by atoms with van der Waals surface area (Å²) < 4.78 is 56.7. The van der Waals surface area contributed by atoms with Crippen LogP contribution in [0.5, 0.6) is 0 Å². The summed E-state index contributed by atoms with van der Waals surface area (Å²) in [5.41, 5.74) is 0.706. The van der Waals surface area contributed by atoms with Gasteiger partial charge in [-0.05, 0) is 48.5 Å².